The maximum Gasteiger partial charge on any atom is 0.416 e. The van der Waals surface area contributed by atoms with Gasteiger partial charge in [0.05, 0.1) is 5.56 Å². The summed E-state index contributed by atoms with van der Waals surface area (Å²) in [5, 5.41) is 0. The average molecular weight is 267 g/mol. The summed E-state index contributed by atoms with van der Waals surface area (Å²) in [6, 6.07) is 5.22. The Hall–Kier alpha value is -0.610. The first-order chi connectivity index (χ1) is 7.43. The highest BCUT2D eigenvalue weighted by Crippen LogP contribution is 2.32. The smallest absolute Gasteiger partial charge is 0.166 e. The van der Waals surface area contributed by atoms with Crippen LogP contribution in [0.15, 0.2) is 41.3 Å². The van der Waals surface area contributed by atoms with Crippen LogP contribution in [0.4, 0.5) is 13.2 Å². The Morgan fingerprint density at radius 2 is 2.06 bits per heavy atom. The molecule has 0 bridgehead atoms. The molecule has 0 saturated carbocycles. The Bertz CT molecular complexity index is 374. The van der Waals surface area contributed by atoms with Crippen LogP contribution in [0.1, 0.15) is 5.56 Å². The van der Waals surface area contributed by atoms with Gasteiger partial charge in [-0.15, -0.1) is 23.4 Å². The zero-order valence-corrected chi connectivity index (χ0v) is 9.92. The van der Waals surface area contributed by atoms with Crippen molar-refractivity contribution in [2.75, 3.05) is 11.6 Å². The van der Waals surface area contributed by atoms with Crippen LogP contribution in [-0.4, -0.2) is 11.6 Å². The first-order valence-electron chi connectivity index (χ1n) is 4.46. The van der Waals surface area contributed by atoms with Gasteiger partial charge in [-0.1, -0.05) is 18.2 Å². The summed E-state index contributed by atoms with van der Waals surface area (Å²) >= 11 is 6.83. The third-order valence-electron chi connectivity index (χ3n) is 1.79. The maximum atomic E-state index is 12.4. The Morgan fingerprint density at radius 1 is 1.38 bits per heavy atom. The van der Waals surface area contributed by atoms with E-state index in [1.54, 1.807) is 6.07 Å². The molecule has 0 aliphatic heterocycles. The molecule has 1 aromatic carbocycles. The van der Waals surface area contributed by atoms with E-state index in [1.165, 1.54) is 17.8 Å². The first kappa shape index (κ1) is 13.5. The average Bonchev–Trinajstić information content (AvgIpc) is 2.25. The Balaban J connectivity index is 2.72. The molecule has 0 aliphatic carbocycles. The third-order valence-corrected chi connectivity index (χ3v) is 3.31. The molecule has 5 heteroatoms. The van der Waals surface area contributed by atoms with Gasteiger partial charge < -0.3 is 0 Å². The van der Waals surface area contributed by atoms with Gasteiger partial charge in [0.25, 0.3) is 0 Å². The fraction of sp³-hybridized carbons (Fsp3) is 0.273. The van der Waals surface area contributed by atoms with E-state index in [2.05, 4.69) is 6.58 Å². The van der Waals surface area contributed by atoms with Gasteiger partial charge in [0.2, 0.25) is 0 Å². The van der Waals surface area contributed by atoms with Crippen LogP contribution in [0.2, 0.25) is 0 Å². The lowest BCUT2D eigenvalue weighted by atomic mass is 10.2. The Kier molecular flexibility index (Phi) is 4.74. The van der Waals surface area contributed by atoms with Gasteiger partial charge >= 0.3 is 6.18 Å². The summed E-state index contributed by atoms with van der Waals surface area (Å²) in [6.45, 7) is 3.68. The maximum absolute atomic E-state index is 12.4. The topological polar surface area (TPSA) is 0 Å². The van der Waals surface area contributed by atoms with E-state index in [9.17, 15) is 13.2 Å². The number of alkyl halides is 4. The van der Waals surface area contributed by atoms with Crippen LogP contribution in [0, 0.1) is 0 Å². The fourth-order valence-electron chi connectivity index (χ4n) is 0.986. The van der Waals surface area contributed by atoms with Crippen molar-refractivity contribution in [3.8, 4) is 0 Å². The predicted octanol–water partition coefficient (Wildman–Crippen LogP) is 4.59. The Labute approximate surface area is 101 Å². The molecule has 0 spiro atoms. The highest BCUT2D eigenvalue weighted by Gasteiger charge is 2.30. The molecule has 0 aromatic heterocycles. The second kappa shape index (κ2) is 5.64. The van der Waals surface area contributed by atoms with E-state index in [0.29, 0.717) is 16.5 Å². The minimum absolute atomic E-state index is 0.325. The molecule has 0 heterocycles. The number of thioether (sulfide) groups is 1. The summed E-state index contributed by atoms with van der Waals surface area (Å²) in [4.78, 5) is 0.570. The van der Waals surface area contributed by atoms with Crippen molar-refractivity contribution >= 4 is 23.4 Å². The van der Waals surface area contributed by atoms with Crippen molar-refractivity contribution in [3.05, 3.63) is 42.0 Å². The summed E-state index contributed by atoms with van der Waals surface area (Å²) < 4.78 is 37.2. The minimum atomic E-state index is -4.29. The van der Waals surface area contributed by atoms with E-state index < -0.39 is 11.7 Å². The van der Waals surface area contributed by atoms with Crippen LogP contribution < -0.4 is 0 Å². The van der Waals surface area contributed by atoms with Gasteiger partial charge in [0.1, 0.15) is 0 Å². The standard InChI is InChI=1S/C11H10ClF3S/c1-8(6-12)7-16-10-4-2-3-9(5-10)11(13,14)15/h2-5H,1,6-7H2. The van der Waals surface area contributed by atoms with Crippen molar-refractivity contribution in [2.24, 2.45) is 0 Å². The highest BCUT2D eigenvalue weighted by molar-refractivity contribution is 7.99. The second-order valence-electron chi connectivity index (χ2n) is 3.20. The van der Waals surface area contributed by atoms with Gasteiger partial charge in [-0.05, 0) is 18.2 Å². The first-order valence-corrected chi connectivity index (χ1v) is 5.98. The molecule has 0 unspecified atom stereocenters. The monoisotopic (exact) mass is 266 g/mol. The predicted molar refractivity (Wildman–Crippen MR) is 62.0 cm³/mol. The van der Waals surface area contributed by atoms with Gasteiger partial charge in [-0.3, -0.25) is 0 Å². The highest BCUT2D eigenvalue weighted by atomic mass is 35.5. The van der Waals surface area contributed by atoms with Crippen LogP contribution in [0.25, 0.3) is 0 Å². The van der Waals surface area contributed by atoms with Crippen molar-refractivity contribution in [1.29, 1.82) is 0 Å². The molecule has 0 amide bonds. The molecule has 88 valence electrons. The van der Waals surface area contributed by atoms with Crippen LogP contribution in [0.5, 0.6) is 0 Å². The molecule has 16 heavy (non-hydrogen) atoms. The van der Waals surface area contributed by atoms with E-state index in [1.807, 2.05) is 0 Å². The quantitative estimate of drug-likeness (QED) is 0.436. The largest absolute Gasteiger partial charge is 0.416 e. The lowest BCUT2D eigenvalue weighted by Gasteiger charge is -2.08. The number of rotatable bonds is 4. The van der Waals surface area contributed by atoms with Crippen molar-refractivity contribution in [1.82, 2.24) is 0 Å². The van der Waals surface area contributed by atoms with Crippen LogP contribution >= 0.6 is 23.4 Å². The zero-order chi connectivity index (χ0) is 12.2. The fourth-order valence-corrected chi connectivity index (χ4v) is 2.05. The van der Waals surface area contributed by atoms with Crippen molar-refractivity contribution < 1.29 is 13.2 Å². The molecule has 1 aromatic rings. The minimum Gasteiger partial charge on any atom is -0.166 e. The lowest BCUT2D eigenvalue weighted by Crippen LogP contribution is -2.04. The van der Waals surface area contributed by atoms with Gasteiger partial charge in [-0.25, -0.2) is 0 Å². The van der Waals surface area contributed by atoms with Gasteiger partial charge in [0, 0.05) is 16.5 Å². The van der Waals surface area contributed by atoms with Crippen LogP contribution in [0.3, 0.4) is 0 Å². The Morgan fingerprint density at radius 3 is 2.62 bits per heavy atom. The number of halogens is 4. The lowest BCUT2D eigenvalue weighted by molar-refractivity contribution is -0.137. The van der Waals surface area contributed by atoms with E-state index >= 15 is 0 Å². The summed E-state index contributed by atoms with van der Waals surface area (Å²) in [6.07, 6.45) is -4.29. The molecular weight excluding hydrogens is 257 g/mol. The molecule has 0 saturated heterocycles. The second-order valence-corrected chi connectivity index (χ2v) is 4.51. The summed E-state index contributed by atoms with van der Waals surface area (Å²) in [5.74, 6) is 0.858. The van der Waals surface area contributed by atoms with Crippen LogP contribution in [-0.2, 0) is 6.18 Å². The molecule has 1 rings (SSSR count). The normalized spacial score (nSPS) is 11.5. The van der Waals surface area contributed by atoms with Crippen molar-refractivity contribution in [3.63, 3.8) is 0 Å². The zero-order valence-electron chi connectivity index (χ0n) is 8.35. The van der Waals surface area contributed by atoms with E-state index in [-0.39, 0.29) is 0 Å². The molecule has 0 atom stereocenters. The number of hydrogen-bond acceptors (Lipinski definition) is 1. The number of benzene rings is 1. The van der Waals surface area contributed by atoms with Gasteiger partial charge in [0.15, 0.2) is 0 Å². The molecule has 0 nitrogen and oxygen atoms in total. The molecule has 0 fully saturated rings. The van der Waals surface area contributed by atoms with Gasteiger partial charge in [-0.2, -0.15) is 13.2 Å². The summed E-state index contributed by atoms with van der Waals surface area (Å²) in [7, 11) is 0. The molecule has 0 radical (unpaired) electrons. The molecular formula is C11H10ClF3S. The van der Waals surface area contributed by atoms with Crippen molar-refractivity contribution in [2.45, 2.75) is 11.1 Å². The number of hydrogen-bond donors (Lipinski definition) is 0. The van der Waals surface area contributed by atoms with E-state index in [0.717, 1.165) is 17.7 Å². The summed E-state index contributed by atoms with van der Waals surface area (Å²) in [5.41, 5.74) is 0.165. The molecule has 0 aliphatic rings. The van der Waals surface area contributed by atoms with E-state index in [4.69, 9.17) is 11.6 Å². The molecule has 0 N–H and O–H groups in total. The third kappa shape index (κ3) is 4.10. The SMILES string of the molecule is C=C(CCl)CSc1cccc(C(F)(F)F)c1.